The van der Waals surface area contributed by atoms with Crippen LogP contribution in [0.4, 0.5) is 0 Å². The van der Waals surface area contributed by atoms with Crippen molar-refractivity contribution in [1.82, 2.24) is 14.7 Å². The highest BCUT2D eigenvalue weighted by Gasteiger charge is 2.39. The van der Waals surface area contributed by atoms with Gasteiger partial charge in [0.1, 0.15) is 11.2 Å². The van der Waals surface area contributed by atoms with E-state index in [0.29, 0.717) is 18.7 Å². The summed E-state index contributed by atoms with van der Waals surface area (Å²) in [6.45, 7) is 2.56. The van der Waals surface area contributed by atoms with Crippen LogP contribution < -0.4 is 5.32 Å². The van der Waals surface area contributed by atoms with Crippen LogP contribution in [0.15, 0.2) is 30.6 Å². The third-order valence-electron chi connectivity index (χ3n) is 4.01. The quantitative estimate of drug-likeness (QED) is 0.861. The van der Waals surface area contributed by atoms with Crippen LogP contribution in [0.25, 0.3) is 5.65 Å². The van der Waals surface area contributed by atoms with E-state index in [1.54, 1.807) is 0 Å². The maximum Gasteiger partial charge on any atom is 0.226 e. The summed E-state index contributed by atoms with van der Waals surface area (Å²) in [7, 11) is 0. The molecular weight excluding hydrogens is 270 g/mol. The number of nitrogens with zero attached hydrogens (tertiary/aromatic N) is 2. The van der Waals surface area contributed by atoms with Crippen LogP contribution >= 0.6 is 0 Å². The third-order valence-corrected chi connectivity index (χ3v) is 4.01. The van der Waals surface area contributed by atoms with Gasteiger partial charge in [-0.05, 0) is 19.1 Å². The molecule has 1 saturated heterocycles. The number of imidazole rings is 1. The number of ether oxygens (including phenoxy) is 1. The van der Waals surface area contributed by atoms with Gasteiger partial charge in [0, 0.05) is 32.0 Å². The van der Waals surface area contributed by atoms with Crippen molar-refractivity contribution in [2.75, 3.05) is 13.2 Å². The first kappa shape index (κ1) is 14.0. The van der Waals surface area contributed by atoms with Gasteiger partial charge in [-0.1, -0.05) is 6.07 Å². The fourth-order valence-electron chi connectivity index (χ4n) is 2.55. The molecule has 0 aliphatic carbocycles. The second kappa shape index (κ2) is 5.46. The summed E-state index contributed by atoms with van der Waals surface area (Å²) in [4.78, 5) is 16.4. The van der Waals surface area contributed by atoms with Crippen LogP contribution in [0, 0.1) is 0 Å². The van der Waals surface area contributed by atoms with E-state index in [2.05, 4.69) is 10.3 Å². The summed E-state index contributed by atoms with van der Waals surface area (Å²) in [6.07, 6.45) is 4.22. The van der Waals surface area contributed by atoms with Crippen molar-refractivity contribution in [2.24, 2.45) is 0 Å². The number of aromatic nitrogens is 2. The van der Waals surface area contributed by atoms with Crippen molar-refractivity contribution in [3.63, 3.8) is 0 Å². The summed E-state index contributed by atoms with van der Waals surface area (Å²) < 4.78 is 7.22. The zero-order valence-corrected chi connectivity index (χ0v) is 12.0. The summed E-state index contributed by atoms with van der Waals surface area (Å²) in [5.74, 6) is -0.147. The van der Waals surface area contributed by atoms with E-state index in [-0.39, 0.29) is 25.0 Å². The molecule has 2 N–H and O–H groups in total. The number of rotatable bonds is 4. The number of carbonyl (C=O) groups is 1. The fourth-order valence-corrected chi connectivity index (χ4v) is 2.55. The molecule has 0 saturated carbocycles. The Kier molecular flexibility index (Phi) is 3.65. The van der Waals surface area contributed by atoms with E-state index in [0.717, 1.165) is 5.65 Å². The van der Waals surface area contributed by atoms with E-state index >= 15 is 0 Å². The number of nitrogens with one attached hydrogen (secondary N) is 1. The second-order valence-electron chi connectivity index (χ2n) is 5.52. The highest BCUT2D eigenvalue weighted by atomic mass is 16.5. The molecule has 2 atom stereocenters. The topological polar surface area (TPSA) is 75.9 Å². The highest BCUT2D eigenvalue weighted by molar-refractivity contribution is 5.78. The lowest BCUT2D eigenvalue weighted by molar-refractivity contribution is -0.122. The Labute approximate surface area is 122 Å². The molecular formula is C15H19N3O3. The molecule has 6 nitrogen and oxygen atoms in total. The average molecular weight is 289 g/mol. The number of hydrogen-bond acceptors (Lipinski definition) is 4. The van der Waals surface area contributed by atoms with Crippen molar-refractivity contribution in [3.05, 3.63) is 36.3 Å². The lowest BCUT2D eigenvalue weighted by Gasteiger charge is -2.26. The second-order valence-corrected chi connectivity index (χ2v) is 5.52. The Morgan fingerprint density at radius 1 is 1.62 bits per heavy atom. The van der Waals surface area contributed by atoms with Gasteiger partial charge in [0.2, 0.25) is 5.91 Å². The molecule has 21 heavy (non-hydrogen) atoms. The lowest BCUT2D eigenvalue weighted by atomic mass is 9.97. The molecule has 2 unspecified atom stereocenters. The molecule has 1 fully saturated rings. The zero-order valence-electron chi connectivity index (χ0n) is 12.0. The number of pyridine rings is 1. The van der Waals surface area contributed by atoms with Gasteiger partial charge in [-0.15, -0.1) is 0 Å². The van der Waals surface area contributed by atoms with Gasteiger partial charge < -0.3 is 19.6 Å². The van der Waals surface area contributed by atoms with E-state index in [1.807, 2.05) is 41.9 Å². The number of amides is 1. The smallest absolute Gasteiger partial charge is 0.226 e. The summed E-state index contributed by atoms with van der Waals surface area (Å²) in [5.41, 5.74) is 0.562. The van der Waals surface area contributed by atoms with Crippen molar-refractivity contribution in [3.8, 4) is 0 Å². The zero-order chi connectivity index (χ0) is 14.9. The third kappa shape index (κ3) is 2.91. The minimum Gasteiger partial charge on any atom is -0.385 e. The van der Waals surface area contributed by atoms with Crippen molar-refractivity contribution < 1.29 is 14.6 Å². The summed E-state index contributed by atoms with van der Waals surface area (Å²) in [6, 6.07) is 5.71. The molecule has 3 heterocycles. The van der Waals surface area contributed by atoms with Crippen molar-refractivity contribution >= 4 is 11.6 Å². The Hall–Kier alpha value is -1.92. The van der Waals surface area contributed by atoms with Crippen LogP contribution in [-0.4, -0.2) is 45.3 Å². The van der Waals surface area contributed by atoms with Gasteiger partial charge in [0.25, 0.3) is 0 Å². The van der Waals surface area contributed by atoms with Crippen molar-refractivity contribution in [2.45, 2.75) is 31.5 Å². The molecule has 1 amide bonds. The Morgan fingerprint density at radius 3 is 3.19 bits per heavy atom. The first-order valence-corrected chi connectivity index (χ1v) is 7.10. The van der Waals surface area contributed by atoms with E-state index in [4.69, 9.17) is 4.74 Å². The number of fused-ring (bicyclic) bond motifs is 1. The number of aliphatic hydroxyl groups is 1. The SMILES string of the molecule is CC1OCCC1(O)CNC(=O)Cc1cn2ccccc2n1. The molecule has 6 heteroatoms. The number of carbonyl (C=O) groups excluding carboxylic acids is 1. The predicted octanol–water partition coefficient (Wildman–Crippen LogP) is 0.533. The highest BCUT2D eigenvalue weighted by Crippen LogP contribution is 2.24. The maximum atomic E-state index is 12.0. The van der Waals surface area contributed by atoms with Gasteiger partial charge in [0.05, 0.1) is 18.2 Å². The average Bonchev–Trinajstić information content (AvgIpc) is 3.01. The van der Waals surface area contributed by atoms with Gasteiger partial charge in [-0.2, -0.15) is 0 Å². The molecule has 0 radical (unpaired) electrons. The predicted molar refractivity (Wildman–Crippen MR) is 76.9 cm³/mol. The standard InChI is InChI=1S/C15H19N3O3/c1-11-15(20,5-7-21-11)10-16-14(19)8-12-9-18-6-3-2-4-13(18)17-12/h2-4,6,9,11,20H,5,7-8,10H2,1H3,(H,16,19). The minimum absolute atomic E-state index is 0.147. The van der Waals surface area contributed by atoms with Crippen LogP contribution in [0.5, 0.6) is 0 Å². The molecule has 2 aromatic heterocycles. The first-order valence-electron chi connectivity index (χ1n) is 7.10. The number of hydrogen-bond donors (Lipinski definition) is 2. The van der Waals surface area contributed by atoms with E-state index in [9.17, 15) is 9.90 Å². The Morgan fingerprint density at radius 2 is 2.48 bits per heavy atom. The Balaban J connectivity index is 1.59. The minimum atomic E-state index is -0.964. The molecule has 0 aromatic carbocycles. The van der Waals surface area contributed by atoms with Crippen LogP contribution in [-0.2, 0) is 16.0 Å². The normalized spacial score (nSPS) is 25.3. The molecule has 112 valence electrons. The summed E-state index contributed by atoms with van der Waals surface area (Å²) >= 11 is 0. The van der Waals surface area contributed by atoms with Gasteiger partial charge in [0.15, 0.2) is 0 Å². The molecule has 1 aliphatic rings. The van der Waals surface area contributed by atoms with E-state index < -0.39 is 5.60 Å². The lowest BCUT2D eigenvalue weighted by Crippen LogP contribution is -2.47. The van der Waals surface area contributed by atoms with Crippen LogP contribution in [0.3, 0.4) is 0 Å². The van der Waals surface area contributed by atoms with Crippen molar-refractivity contribution in [1.29, 1.82) is 0 Å². The van der Waals surface area contributed by atoms with E-state index in [1.165, 1.54) is 0 Å². The molecule has 0 bridgehead atoms. The maximum absolute atomic E-state index is 12.0. The summed E-state index contributed by atoms with van der Waals surface area (Å²) in [5, 5.41) is 13.1. The first-order chi connectivity index (χ1) is 10.1. The van der Waals surface area contributed by atoms with Gasteiger partial charge >= 0.3 is 0 Å². The Bertz CT molecular complexity index is 621. The largest absolute Gasteiger partial charge is 0.385 e. The van der Waals surface area contributed by atoms with Gasteiger partial charge in [-0.25, -0.2) is 4.98 Å². The molecule has 2 aromatic rings. The van der Waals surface area contributed by atoms with Crippen LogP contribution in [0.1, 0.15) is 19.0 Å². The molecule has 1 aliphatic heterocycles. The van der Waals surface area contributed by atoms with Crippen LogP contribution in [0.2, 0.25) is 0 Å². The monoisotopic (exact) mass is 289 g/mol. The molecule has 3 rings (SSSR count). The fraction of sp³-hybridized carbons (Fsp3) is 0.467. The molecule has 0 spiro atoms. The van der Waals surface area contributed by atoms with Gasteiger partial charge in [-0.3, -0.25) is 4.79 Å².